The summed E-state index contributed by atoms with van der Waals surface area (Å²) in [6, 6.07) is 0. The van der Waals surface area contributed by atoms with Crippen molar-refractivity contribution in [3.63, 3.8) is 0 Å². The van der Waals surface area contributed by atoms with Gasteiger partial charge in [-0.15, -0.1) is 0 Å². The van der Waals surface area contributed by atoms with E-state index in [2.05, 4.69) is 6.92 Å². The van der Waals surface area contributed by atoms with Crippen LogP contribution in [0.3, 0.4) is 0 Å². The number of Topliss-reactive ketones (excluding diaryl/α,β-unsaturated/α-hetero) is 1. The molecule has 0 spiro atoms. The first-order valence-corrected chi connectivity index (χ1v) is 4.73. The minimum absolute atomic E-state index is 0.270. The highest BCUT2D eigenvalue weighted by atomic mass is 16.5. The molecule has 1 rings (SSSR count). The van der Waals surface area contributed by atoms with Crippen molar-refractivity contribution in [1.82, 2.24) is 0 Å². The van der Waals surface area contributed by atoms with Crippen LogP contribution in [-0.2, 0) is 9.53 Å². The molecule has 0 amide bonds. The molecule has 70 valence electrons. The summed E-state index contributed by atoms with van der Waals surface area (Å²) >= 11 is 0. The molecule has 0 aromatic heterocycles. The summed E-state index contributed by atoms with van der Waals surface area (Å²) in [6.07, 6.45) is 4.26. The van der Waals surface area contributed by atoms with E-state index in [1.54, 1.807) is 7.11 Å². The van der Waals surface area contributed by atoms with Gasteiger partial charge in [0.25, 0.3) is 0 Å². The van der Waals surface area contributed by atoms with E-state index < -0.39 is 5.60 Å². The van der Waals surface area contributed by atoms with Crippen molar-refractivity contribution in [2.24, 2.45) is 5.92 Å². The zero-order chi connectivity index (χ0) is 9.19. The van der Waals surface area contributed by atoms with E-state index in [1.165, 1.54) is 12.8 Å². The van der Waals surface area contributed by atoms with E-state index in [9.17, 15) is 4.79 Å². The fourth-order valence-corrected chi connectivity index (χ4v) is 1.83. The smallest absolute Gasteiger partial charge is 0.165 e. The largest absolute Gasteiger partial charge is 0.370 e. The highest BCUT2D eigenvalue weighted by molar-refractivity contribution is 5.93. The Morgan fingerprint density at radius 3 is 2.75 bits per heavy atom. The van der Waals surface area contributed by atoms with Gasteiger partial charge >= 0.3 is 0 Å². The average Bonchev–Trinajstić information content (AvgIpc) is 2.10. The van der Waals surface area contributed by atoms with Crippen LogP contribution in [0.4, 0.5) is 0 Å². The van der Waals surface area contributed by atoms with Crippen LogP contribution in [0.5, 0.6) is 0 Å². The molecule has 1 fully saturated rings. The second-order valence-electron chi connectivity index (χ2n) is 3.78. The lowest BCUT2D eigenvalue weighted by Gasteiger charge is -2.44. The summed E-state index contributed by atoms with van der Waals surface area (Å²) in [6.45, 7) is 4.09. The molecule has 2 atom stereocenters. The highest BCUT2D eigenvalue weighted by Gasteiger charge is 2.50. The zero-order valence-corrected chi connectivity index (χ0v) is 8.22. The van der Waals surface area contributed by atoms with Gasteiger partial charge in [0.15, 0.2) is 5.78 Å². The molecular formula is C10H18O2. The maximum atomic E-state index is 11.2. The number of carbonyl (C=O) groups is 1. The highest BCUT2D eigenvalue weighted by Crippen LogP contribution is 2.40. The molecule has 12 heavy (non-hydrogen) atoms. The molecule has 2 heteroatoms. The lowest BCUT2D eigenvalue weighted by atomic mass is 9.67. The molecule has 0 heterocycles. The molecule has 0 radical (unpaired) electrons. The monoisotopic (exact) mass is 170 g/mol. The Morgan fingerprint density at radius 1 is 1.67 bits per heavy atom. The molecule has 0 N–H and O–H groups in total. The summed E-state index contributed by atoms with van der Waals surface area (Å²) in [5.74, 6) is 0.737. The maximum absolute atomic E-state index is 11.2. The lowest BCUT2D eigenvalue weighted by Crippen LogP contribution is -2.55. The van der Waals surface area contributed by atoms with Crippen molar-refractivity contribution in [3.05, 3.63) is 0 Å². The van der Waals surface area contributed by atoms with Crippen molar-refractivity contribution in [3.8, 4) is 0 Å². The fourth-order valence-electron chi connectivity index (χ4n) is 1.83. The van der Waals surface area contributed by atoms with Crippen molar-refractivity contribution < 1.29 is 9.53 Å². The predicted octanol–water partition coefficient (Wildman–Crippen LogP) is 2.17. The van der Waals surface area contributed by atoms with Crippen LogP contribution in [-0.4, -0.2) is 18.5 Å². The minimum Gasteiger partial charge on any atom is -0.370 e. The Balaban J connectivity index is 2.43. The van der Waals surface area contributed by atoms with Gasteiger partial charge in [-0.25, -0.2) is 0 Å². The fraction of sp³-hybridized carbons (Fsp3) is 0.900. The molecule has 0 aliphatic heterocycles. The lowest BCUT2D eigenvalue weighted by molar-refractivity contribution is -0.166. The number of rotatable bonds is 4. The van der Waals surface area contributed by atoms with Gasteiger partial charge in [0.2, 0.25) is 0 Å². The molecule has 0 bridgehead atoms. The molecule has 0 aromatic carbocycles. The van der Waals surface area contributed by atoms with Crippen LogP contribution in [0.25, 0.3) is 0 Å². The van der Waals surface area contributed by atoms with Crippen molar-refractivity contribution in [1.29, 1.82) is 0 Å². The standard InChI is InChI=1S/C10H18O2/c1-4-5-6-8-7-9(11)10(8,2)12-3/h8H,4-7H2,1-3H3/t8-,10+/m0/s1. The third-order valence-corrected chi connectivity index (χ3v) is 3.09. The van der Waals surface area contributed by atoms with Gasteiger partial charge in [0.1, 0.15) is 5.60 Å². The average molecular weight is 170 g/mol. The summed E-state index contributed by atoms with van der Waals surface area (Å²) in [7, 11) is 1.63. The van der Waals surface area contributed by atoms with Crippen molar-refractivity contribution in [2.45, 2.75) is 45.1 Å². The Morgan fingerprint density at radius 2 is 2.33 bits per heavy atom. The normalized spacial score (nSPS) is 34.9. The van der Waals surface area contributed by atoms with E-state index in [4.69, 9.17) is 4.74 Å². The molecular weight excluding hydrogens is 152 g/mol. The van der Waals surface area contributed by atoms with E-state index in [1.807, 2.05) is 6.92 Å². The number of ether oxygens (including phenoxy) is 1. The molecule has 0 aromatic rings. The number of carbonyl (C=O) groups excluding carboxylic acids is 1. The quantitative estimate of drug-likeness (QED) is 0.646. The van der Waals surface area contributed by atoms with Gasteiger partial charge in [-0.3, -0.25) is 4.79 Å². The van der Waals surface area contributed by atoms with Crippen LogP contribution in [0.2, 0.25) is 0 Å². The first-order chi connectivity index (χ1) is 5.65. The van der Waals surface area contributed by atoms with Gasteiger partial charge in [0.05, 0.1) is 0 Å². The van der Waals surface area contributed by atoms with Gasteiger partial charge in [0, 0.05) is 19.4 Å². The Hall–Kier alpha value is -0.370. The Labute approximate surface area is 74.3 Å². The predicted molar refractivity (Wildman–Crippen MR) is 48.1 cm³/mol. The molecule has 1 aliphatic carbocycles. The molecule has 1 aliphatic rings. The van der Waals surface area contributed by atoms with Crippen LogP contribution in [0.1, 0.15) is 39.5 Å². The third-order valence-electron chi connectivity index (χ3n) is 3.09. The maximum Gasteiger partial charge on any atom is 0.165 e. The molecule has 0 saturated heterocycles. The molecule has 0 unspecified atom stereocenters. The van der Waals surface area contributed by atoms with E-state index >= 15 is 0 Å². The summed E-state index contributed by atoms with van der Waals surface area (Å²) in [5.41, 5.74) is -0.449. The van der Waals surface area contributed by atoms with Gasteiger partial charge in [-0.05, 0) is 13.3 Å². The van der Waals surface area contributed by atoms with Crippen LogP contribution in [0.15, 0.2) is 0 Å². The van der Waals surface area contributed by atoms with Gasteiger partial charge in [-0.1, -0.05) is 19.8 Å². The zero-order valence-electron chi connectivity index (χ0n) is 8.22. The second-order valence-corrected chi connectivity index (χ2v) is 3.78. The second kappa shape index (κ2) is 3.56. The van der Waals surface area contributed by atoms with Crippen molar-refractivity contribution in [2.75, 3.05) is 7.11 Å². The van der Waals surface area contributed by atoms with E-state index in [-0.39, 0.29) is 5.78 Å². The Kier molecular flexibility index (Phi) is 2.89. The number of unbranched alkanes of at least 4 members (excludes halogenated alkanes) is 1. The number of hydrogen-bond donors (Lipinski definition) is 0. The SMILES string of the molecule is CCCC[C@H]1CC(=O)[C@]1(C)OC. The first kappa shape index (κ1) is 9.72. The minimum atomic E-state index is -0.449. The van der Waals surface area contributed by atoms with Crippen LogP contribution >= 0.6 is 0 Å². The summed E-state index contributed by atoms with van der Waals surface area (Å²) in [4.78, 5) is 11.2. The topological polar surface area (TPSA) is 26.3 Å². The van der Waals surface area contributed by atoms with Gasteiger partial charge < -0.3 is 4.74 Å². The number of hydrogen-bond acceptors (Lipinski definition) is 2. The number of methoxy groups -OCH3 is 1. The van der Waals surface area contributed by atoms with Crippen LogP contribution in [0, 0.1) is 5.92 Å². The summed E-state index contributed by atoms with van der Waals surface area (Å²) in [5, 5.41) is 0. The molecule has 2 nitrogen and oxygen atoms in total. The van der Waals surface area contributed by atoms with Crippen LogP contribution < -0.4 is 0 Å². The summed E-state index contributed by atoms with van der Waals surface area (Å²) < 4.78 is 5.25. The van der Waals surface area contributed by atoms with Gasteiger partial charge in [-0.2, -0.15) is 0 Å². The van der Waals surface area contributed by atoms with Crippen molar-refractivity contribution >= 4 is 5.78 Å². The first-order valence-electron chi connectivity index (χ1n) is 4.73. The Bertz CT molecular complexity index is 177. The number of ketones is 1. The molecule has 1 saturated carbocycles. The van der Waals surface area contributed by atoms with E-state index in [0.717, 1.165) is 12.8 Å². The van der Waals surface area contributed by atoms with E-state index in [0.29, 0.717) is 5.92 Å². The third kappa shape index (κ3) is 1.40.